The second-order valence-corrected chi connectivity index (χ2v) is 10.7. The summed E-state index contributed by atoms with van der Waals surface area (Å²) in [6.45, 7) is 3.09. The smallest absolute Gasteiger partial charge is 0.308 e. The molecule has 3 amide bonds. The Bertz CT molecular complexity index is 1620. The number of phenolic OH excluding ortho intramolecular Hbond substituents is 2. The lowest BCUT2D eigenvalue weighted by Crippen LogP contribution is -2.53. The van der Waals surface area contributed by atoms with Crippen molar-refractivity contribution in [2.45, 2.75) is 31.8 Å². The maximum Gasteiger partial charge on any atom is 0.308 e. The highest BCUT2D eigenvalue weighted by atomic mass is 35.5. The average Bonchev–Trinajstić information content (AvgIpc) is 3.47. The van der Waals surface area contributed by atoms with Crippen LogP contribution < -0.4 is 20.3 Å². The third-order valence-corrected chi connectivity index (χ3v) is 8.07. The van der Waals surface area contributed by atoms with Gasteiger partial charge in [0.1, 0.15) is 11.3 Å². The SMILES string of the molecule is CC(=O)Oc1ccc(N2C(=O)[C@@H]3C(Cc4ccc(O)c(O)c4)NC4(C(=O)Nc5c(Cl)cc(C)cc54)[C@@H]3C2=O)cc1. The molecule has 0 radical (unpaired) electrons. The summed E-state index contributed by atoms with van der Waals surface area (Å²) in [5, 5.41) is 26.3. The van der Waals surface area contributed by atoms with Crippen molar-refractivity contribution < 1.29 is 34.1 Å². The van der Waals surface area contributed by atoms with E-state index in [1.165, 1.54) is 43.3 Å². The van der Waals surface area contributed by atoms with Crippen LogP contribution in [-0.2, 0) is 31.1 Å². The normalized spacial score (nSPS) is 24.8. The van der Waals surface area contributed by atoms with E-state index >= 15 is 0 Å². The van der Waals surface area contributed by atoms with Gasteiger partial charge < -0.3 is 20.3 Å². The number of amides is 3. The molecule has 0 bridgehead atoms. The summed E-state index contributed by atoms with van der Waals surface area (Å²) in [5.41, 5.74) is 0.946. The Kier molecular flexibility index (Phi) is 5.86. The average molecular weight is 562 g/mol. The predicted octanol–water partition coefficient (Wildman–Crippen LogP) is 3.15. The van der Waals surface area contributed by atoms with Crippen molar-refractivity contribution in [3.8, 4) is 17.2 Å². The van der Waals surface area contributed by atoms with E-state index in [1.54, 1.807) is 18.2 Å². The van der Waals surface area contributed by atoms with Gasteiger partial charge in [-0.2, -0.15) is 0 Å². The number of carbonyl (C=O) groups is 4. The van der Waals surface area contributed by atoms with Crippen molar-refractivity contribution in [1.82, 2.24) is 5.32 Å². The van der Waals surface area contributed by atoms with E-state index in [0.717, 1.165) is 10.5 Å². The van der Waals surface area contributed by atoms with Crippen molar-refractivity contribution >= 4 is 46.7 Å². The van der Waals surface area contributed by atoms with E-state index in [-0.39, 0.29) is 29.4 Å². The van der Waals surface area contributed by atoms with Gasteiger partial charge >= 0.3 is 5.97 Å². The first kappa shape index (κ1) is 25.8. The minimum Gasteiger partial charge on any atom is -0.504 e. The molecule has 204 valence electrons. The fourth-order valence-electron chi connectivity index (χ4n) is 6.20. The number of halogens is 1. The first-order valence-corrected chi connectivity index (χ1v) is 13.0. The maximum atomic E-state index is 14.1. The Morgan fingerprint density at radius 2 is 1.75 bits per heavy atom. The van der Waals surface area contributed by atoms with Crippen LogP contribution >= 0.6 is 11.6 Å². The van der Waals surface area contributed by atoms with Gasteiger partial charge in [0.05, 0.1) is 28.2 Å². The number of benzene rings is 3. The number of imide groups is 1. The molecule has 3 aromatic carbocycles. The Hall–Kier alpha value is -4.41. The molecule has 6 rings (SSSR count). The quantitative estimate of drug-likeness (QED) is 0.164. The van der Waals surface area contributed by atoms with Gasteiger partial charge in [-0.25, -0.2) is 4.90 Å². The highest BCUT2D eigenvalue weighted by Gasteiger charge is 2.70. The molecule has 3 aliphatic rings. The molecule has 2 fully saturated rings. The predicted molar refractivity (Wildman–Crippen MR) is 144 cm³/mol. The number of phenols is 2. The van der Waals surface area contributed by atoms with Crippen molar-refractivity contribution in [2.24, 2.45) is 11.8 Å². The van der Waals surface area contributed by atoms with Crippen molar-refractivity contribution in [3.05, 3.63) is 76.3 Å². The fraction of sp³-hybridized carbons (Fsp3) is 0.241. The van der Waals surface area contributed by atoms with Crippen LogP contribution in [0.5, 0.6) is 17.2 Å². The molecule has 4 N–H and O–H groups in total. The molecule has 2 unspecified atom stereocenters. The number of rotatable bonds is 4. The fourth-order valence-corrected chi connectivity index (χ4v) is 6.52. The zero-order valence-electron chi connectivity index (χ0n) is 21.4. The van der Waals surface area contributed by atoms with Crippen LogP contribution in [0.4, 0.5) is 11.4 Å². The molecule has 2 saturated heterocycles. The van der Waals surface area contributed by atoms with Crippen molar-refractivity contribution in [1.29, 1.82) is 0 Å². The first-order chi connectivity index (χ1) is 19.0. The highest BCUT2D eigenvalue weighted by Crippen LogP contribution is 2.55. The molecule has 4 atom stereocenters. The second-order valence-electron chi connectivity index (χ2n) is 10.3. The molecular formula is C29H24ClN3O7. The molecule has 3 aliphatic heterocycles. The molecule has 1 spiro atoms. The van der Waals surface area contributed by atoms with Gasteiger partial charge in [0.15, 0.2) is 11.5 Å². The topological polar surface area (TPSA) is 145 Å². The number of nitrogens with zero attached hydrogens (tertiary/aromatic N) is 1. The Morgan fingerprint density at radius 3 is 2.42 bits per heavy atom. The summed E-state index contributed by atoms with van der Waals surface area (Å²) in [4.78, 5) is 54.3. The number of fused-ring (bicyclic) bond motifs is 4. The number of anilines is 2. The van der Waals surface area contributed by atoms with Gasteiger partial charge in [0.25, 0.3) is 0 Å². The minimum atomic E-state index is -1.57. The highest BCUT2D eigenvalue weighted by molar-refractivity contribution is 6.35. The van der Waals surface area contributed by atoms with E-state index in [2.05, 4.69) is 10.6 Å². The number of hydrogen-bond acceptors (Lipinski definition) is 8. The van der Waals surface area contributed by atoms with E-state index in [9.17, 15) is 29.4 Å². The molecule has 10 nitrogen and oxygen atoms in total. The molecule has 11 heteroatoms. The third kappa shape index (κ3) is 3.75. The van der Waals surface area contributed by atoms with Crippen LogP contribution in [0.1, 0.15) is 23.6 Å². The minimum absolute atomic E-state index is 0.178. The van der Waals surface area contributed by atoms with E-state index in [0.29, 0.717) is 21.8 Å². The standard InChI is InChI=1S/C29H24ClN3O7/c1-13-9-18-25(19(30)10-13)31-28(39)29(18)24-23(20(32-29)11-15-3-8-21(35)22(36)12-15)26(37)33(27(24)38)16-4-6-17(7-5-16)40-14(2)34/h3-10,12,20,23-24,32,35-36H,11H2,1-2H3,(H,31,39)/t20?,23-,24+,29?/m1/s1. The lowest BCUT2D eigenvalue weighted by Gasteiger charge is -2.30. The van der Waals surface area contributed by atoms with Crippen LogP contribution in [0.25, 0.3) is 0 Å². The van der Waals surface area contributed by atoms with Crippen LogP contribution in [0, 0.1) is 18.8 Å². The number of nitrogens with one attached hydrogen (secondary N) is 2. The summed E-state index contributed by atoms with van der Waals surface area (Å²) < 4.78 is 5.07. The molecule has 3 heterocycles. The molecule has 3 aromatic rings. The molecule has 0 aromatic heterocycles. The molecule has 0 saturated carbocycles. The Labute approximate surface area is 233 Å². The number of hydrogen-bond donors (Lipinski definition) is 4. The van der Waals surface area contributed by atoms with Gasteiger partial charge in [-0.3, -0.25) is 24.5 Å². The number of aromatic hydroxyl groups is 2. The van der Waals surface area contributed by atoms with Crippen molar-refractivity contribution in [3.63, 3.8) is 0 Å². The molecular weight excluding hydrogens is 538 g/mol. The van der Waals surface area contributed by atoms with Crippen LogP contribution in [0.2, 0.25) is 5.02 Å². The number of carbonyl (C=O) groups excluding carboxylic acids is 4. The molecule has 40 heavy (non-hydrogen) atoms. The monoisotopic (exact) mass is 561 g/mol. The second kappa shape index (κ2) is 9.07. The van der Waals surface area contributed by atoms with Gasteiger partial charge in [-0.1, -0.05) is 23.7 Å². The summed E-state index contributed by atoms with van der Waals surface area (Å²) in [5.74, 6) is -4.44. The molecule has 0 aliphatic carbocycles. The zero-order chi connectivity index (χ0) is 28.5. The lowest BCUT2D eigenvalue weighted by molar-refractivity contribution is -0.132. The van der Waals surface area contributed by atoms with Gasteiger partial charge in [0.2, 0.25) is 17.7 Å². The van der Waals surface area contributed by atoms with Gasteiger partial charge in [-0.15, -0.1) is 0 Å². The van der Waals surface area contributed by atoms with Gasteiger partial charge in [0, 0.05) is 18.5 Å². The van der Waals surface area contributed by atoms with Crippen molar-refractivity contribution in [2.75, 3.05) is 10.2 Å². The lowest BCUT2D eigenvalue weighted by atomic mass is 9.76. The first-order valence-electron chi connectivity index (χ1n) is 12.6. The Morgan fingerprint density at radius 1 is 1.02 bits per heavy atom. The summed E-state index contributed by atoms with van der Waals surface area (Å²) in [6.07, 6.45) is 0.178. The van der Waals surface area contributed by atoms with E-state index in [4.69, 9.17) is 16.3 Å². The number of aryl methyl sites for hydroxylation is 1. The third-order valence-electron chi connectivity index (χ3n) is 7.77. The summed E-state index contributed by atoms with van der Waals surface area (Å²) in [6, 6.07) is 13.1. The van der Waals surface area contributed by atoms with Gasteiger partial charge in [-0.05, 0) is 66.9 Å². The summed E-state index contributed by atoms with van der Waals surface area (Å²) in [7, 11) is 0. The van der Waals surface area contributed by atoms with Crippen LogP contribution in [0.15, 0.2) is 54.6 Å². The summed E-state index contributed by atoms with van der Waals surface area (Å²) >= 11 is 6.49. The number of ether oxygens (including phenoxy) is 1. The van der Waals surface area contributed by atoms with Crippen LogP contribution in [0.3, 0.4) is 0 Å². The van der Waals surface area contributed by atoms with E-state index in [1.807, 2.05) is 6.92 Å². The zero-order valence-corrected chi connectivity index (χ0v) is 22.2. The Balaban J connectivity index is 1.47. The van der Waals surface area contributed by atoms with Crippen LogP contribution in [-0.4, -0.2) is 39.9 Å². The number of esters is 1. The van der Waals surface area contributed by atoms with E-state index < -0.39 is 47.1 Å². The largest absolute Gasteiger partial charge is 0.504 e. The maximum absolute atomic E-state index is 14.1.